The molecular weight excluding hydrogens is 895 g/mol. The molecule has 11 heteroatoms. The second-order valence-corrected chi connectivity index (χ2v) is 20.0. The normalized spacial score (nSPS) is 19.6. The zero-order valence-electron chi connectivity index (χ0n) is 45.2. The Morgan fingerprint density at radius 2 is 1.01 bits per heavy atom. The van der Waals surface area contributed by atoms with Crippen molar-refractivity contribution in [2.45, 2.75) is 288 Å². The van der Waals surface area contributed by atoms with Crippen LogP contribution in [0.15, 0.2) is 60.8 Å². The summed E-state index contributed by atoms with van der Waals surface area (Å²) in [6.07, 6.45) is 53.6. The van der Waals surface area contributed by atoms with Gasteiger partial charge in [-0.15, -0.1) is 0 Å². The van der Waals surface area contributed by atoms with E-state index in [1.807, 2.05) is 19.1 Å². The fraction of sp³-hybridized carbons (Fsp3) is 0.800. The molecule has 0 spiro atoms. The van der Waals surface area contributed by atoms with Crippen molar-refractivity contribution >= 4 is 11.9 Å². The number of carbonyl (C=O) groups excluding carboxylic acids is 2. The van der Waals surface area contributed by atoms with Gasteiger partial charge in [0.25, 0.3) is 0 Å². The first kappa shape index (κ1) is 66.4. The SMILES string of the molecule is C/C=C/CC/C=C/CC/C=C/C(O)C(COC1OC(CO)C(O)C(O)C1O)NC(=O)CCCCCCCCCCCCCCCC/C=C\C/C=C\CCOC(=O)CCCCCCCCCCCCCCC. The molecule has 0 aliphatic carbocycles. The number of aliphatic hydroxyl groups is 5. The Labute approximate surface area is 433 Å². The van der Waals surface area contributed by atoms with Crippen molar-refractivity contribution in [1.29, 1.82) is 0 Å². The molecule has 0 aromatic rings. The molecule has 1 fully saturated rings. The Morgan fingerprint density at radius 3 is 1.55 bits per heavy atom. The Bertz CT molecular complexity index is 1360. The number of amides is 1. The van der Waals surface area contributed by atoms with Crippen LogP contribution in [0.1, 0.15) is 245 Å². The first-order valence-electron chi connectivity index (χ1n) is 29.0. The summed E-state index contributed by atoms with van der Waals surface area (Å²) in [5.74, 6) is -0.254. The minimum Gasteiger partial charge on any atom is -0.465 e. The number of nitrogens with one attached hydrogen (secondary N) is 1. The van der Waals surface area contributed by atoms with E-state index in [0.717, 1.165) is 83.5 Å². The number of unbranched alkanes of at least 4 members (excludes halogenated alkanes) is 28. The zero-order valence-corrected chi connectivity index (χ0v) is 45.2. The molecule has 1 aliphatic rings. The highest BCUT2D eigenvalue weighted by Crippen LogP contribution is 2.23. The predicted molar refractivity (Wildman–Crippen MR) is 292 cm³/mol. The lowest BCUT2D eigenvalue weighted by Crippen LogP contribution is -2.60. The summed E-state index contributed by atoms with van der Waals surface area (Å²) < 4.78 is 16.6. The van der Waals surface area contributed by atoms with Gasteiger partial charge in [0.2, 0.25) is 5.91 Å². The summed E-state index contributed by atoms with van der Waals surface area (Å²) >= 11 is 0. The second kappa shape index (κ2) is 49.6. The maximum absolute atomic E-state index is 13.0. The van der Waals surface area contributed by atoms with Gasteiger partial charge in [0.05, 0.1) is 32.0 Å². The third-order valence-electron chi connectivity index (χ3n) is 13.4. The van der Waals surface area contributed by atoms with Gasteiger partial charge in [-0.1, -0.05) is 222 Å². The molecule has 1 heterocycles. The van der Waals surface area contributed by atoms with Gasteiger partial charge in [-0.05, 0) is 71.1 Å². The van der Waals surface area contributed by atoms with Crippen molar-refractivity contribution in [3.05, 3.63) is 60.8 Å². The summed E-state index contributed by atoms with van der Waals surface area (Å²) in [7, 11) is 0. The van der Waals surface area contributed by atoms with Crippen molar-refractivity contribution in [3.8, 4) is 0 Å². The van der Waals surface area contributed by atoms with Gasteiger partial charge in [-0.3, -0.25) is 9.59 Å². The molecule has 1 amide bonds. The van der Waals surface area contributed by atoms with Gasteiger partial charge in [-0.25, -0.2) is 0 Å². The smallest absolute Gasteiger partial charge is 0.305 e. The van der Waals surface area contributed by atoms with Gasteiger partial charge in [-0.2, -0.15) is 0 Å². The van der Waals surface area contributed by atoms with E-state index in [9.17, 15) is 35.1 Å². The number of carbonyl (C=O) groups is 2. The summed E-state index contributed by atoms with van der Waals surface area (Å²) in [5, 5.41) is 54.1. The van der Waals surface area contributed by atoms with Crippen LogP contribution in [0.3, 0.4) is 0 Å². The summed E-state index contributed by atoms with van der Waals surface area (Å²) in [5.41, 5.74) is 0. The Balaban J connectivity index is 2.05. The van der Waals surface area contributed by atoms with Crippen LogP contribution in [0, 0.1) is 0 Å². The number of allylic oxidation sites excluding steroid dienone is 8. The molecule has 0 radical (unpaired) electrons. The highest BCUT2D eigenvalue weighted by atomic mass is 16.7. The maximum atomic E-state index is 13.0. The van der Waals surface area contributed by atoms with E-state index in [-0.39, 0.29) is 18.5 Å². The number of esters is 1. The fourth-order valence-electron chi connectivity index (χ4n) is 8.84. The molecule has 0 aromatic carbocycles. The number of hydrogen-bond donors (Lipinski definition) is 6. The van der Waals surface area contributed by atoms with Crippen LogP contribution in [-0.4, -0.2) is 100 Å². The molecule has 71 heavy (non-hydrogen) atoms. The van der Waals surface area contributed by atoms with E-state index >= 15 is 0 Å². The van der Waals surface area contributed by atoms with Crippen molar-refractivity contribution in [2.24, 2.45) is 0 Å². The Kier molecular flexibility index (Phi) is 46.3. The lowest BCUT2D eigenvalue weighted by molar-refractivity contribution is -0.302. The van der Waals surface area contributed by atoms with Crippen LogP contribution in [0.25, 0.3) is 0 Å². The molecule has 0 aromatic heterocycles. The van der Waals surface area contributed by atoms with Gasteiger partial charge in [0.15, 0.2) is 6.29 Å². The highest BCUT2D eigenvalue weighted by Gasteiger charge is 2.44. The number of ether oxygens (including phenoxy) is 3. The largest absolute Gasteiger partial charge is 0.465 e. The maximum Gasteiger partial charge on any atom is 0.305 e. The molecule has 1 saturated heterocycles. The number of rotatable bonds is 49. The van der Waals surface area contributed by atoms with Crippen molar-refractivity contribution < 1.29 is 49.3 Å². The van der Waals surface area contributed by atoms with Crippen molar-refractivity contribution in [3.63, 3.8) is 0 Å². The highest BCUT2D eigenvalue weighted by molar-refractivity contribution is 5.76. The van der Waals surface area contributed by atoms with Crippen LogP contribution in [0.4, 0.5) is 0 Å². The average molecular weight is 1000 g/mol. The van der Waals surface area contributed by atoms with Gasteiger partial charge in [0.1, 0.15) is 24.4 Å². The van der Waals surface area contributed by atoms with Crippen LogP contribution in [-0.2, 0) is 23.8 Å². The summed E-state index contributed by atoms with van der Waals surface area (Å²) in [6.45, 7) is 3.97. The topological polar surface area (TPSA) is 175 Å². The minimum atomic E-state index is -1.58. The molecule has 7 unspecified atom stereocenters. The molecule has 0 saturated carbocycles. The molecule has 1 aliphatic heterocycles. The minimum absolute atomic E-state index is 0.0487. The number of aliphatic hydroxyl groups excluding tert-OH is 5. The Hall–Kier alpha value is -2.64. The molecule has 412 valence electrons. The lowest BCUT2D eigenvalue weighted by Gasteiger charge is -2.40. The summed E-state index contributed by atoms with van der Waals surface area (Å²) in [6, 6.07) is -0.838. The molecule has 1 rings (SSSR count). The third-order valence-corrected chi connectivity index (χ3v) is 13.4. The number of hydrogen-bond acceptors (Lipinski definition) is 10. The molecule has 11 nitrogen and oxygen atoms in total. The second-order valence-electron chi connectivity index (χ2n) is 20.0. The standard InChI is InChI=1S/C60H107NO10/c1-3-5-7-9-11-13-14-24-28-32-36-40-44-48-56(65)69-49-45-41-37-33-29-26-23-21-19-17-15-16-18-20-22-25-27-31-35-39-43-47-55(64)61-52(53(63)46-42-38-34-30-12-10-8-6-4-2)51-70-60-59(68)58(67)57(66)54(50-62)71-60/h4,6,12,26,29-30,37,41-42,46,52-54,57-60,62-63,66-68H,3,5,7-11,13-25,27-28,31-36,38-40,43-45,47-51H2,1-2H3,(H,61,64)/b6-4+,29-26-,30-12+,41-37-,46-42+. The van der Waals surface area contributed by atoms with Gasteiger partial charge >= 0.3 is 5.97 Å². The first-order valence-corrected chi connectivity index (χ1v) is 29.0. The zero-order chi connectivity index (χ0) is 51.7. The van der Waals surface area contributed by atoms with E-state index in [4.69, 9.17) is 14.2 Å². The van der Waals surface area contributed by atoms with E-state index in [2.05, 4.69) is 54.8 Å². The molecule has 0 bridgehead atoms. The summed E-state index contributed by atoms with van der Waals surface area (Å²) in [4.78, 5) is 25.0. The Morgan fingerprint density at radius 1 is 0.549 bits per heavy atom. The fourth-order valence-corrected chi connectivity index (χ4v) is 8.84. The van der Waals surface area contributed by atoms with Crippen molar-refractivity contribution in [2.75, 3.05) is 19.8 Å². The molecule has 6 N–H and O–H groups in total. The monoisotopic (exact) mass is 1000 g/mol. The molecular formula is C60H107NO10. The average Bonchev–Trinajstić information content (AvgIpc) is 3.37. The third kappa shape index (κ3) is 39.5. The van der Waals surface area contributed by atoms with E-state index in [0.29, 0.717) is 19.4 Å². The van der Waals surface area contributed by atoms with E-state index < -0.39 is 49.5 Å². The van der Waals surface area contributed by atoms with Crippen LogP contribution < -0.4 is 5.32 Å². The van der Waals surface area contributed by atoms with Gasteiger partial charge in [0, 0.05) is 12.8 Å². The van der Waals surface area contributed by atoms with Crippen molar-refractivity contribution in [1.82, 2.24) is 5.32 Å². The van der Waals surface area contributed by atoms with E-state index in [1.165, 1.54) is 135 Å². The lowest BCUT2D eigenvalue weighted by atomic mass is 9.99. The quantitative estimate of drug-likeness (QED) is 0.0195. The van der Waals surface area contributed by atoms with E-state index in [1.54, 1.807) is 6.08 Å². The van der Waals surface area contributed by atoms with Crippen LogP contribution in [0.5, 0.6) is 0 Å². The first-order chi connectivity index (χ1) is 34.7. The van der Waals surface area contributed by atoms with Crippen LogP contribution in [0.2, 0.25) is 0 Å². The van der Waals surface area contributed by atoms with Gasteiger partial charge < -0.3 is 45.1 Å². The predicted octanol–water partition coefficient (Wildman–Crippen LogP) is 13.1. The van der Waals surface area contributed by atoms with Crippen LogP contribution >= 0.6 is 0 Å². The molecule has 7 atom stereocenters.